The molecule has 0 fully saturated rings. The van der Waals surface area contributed by atoms with Gasteiger partial charge in [0.2, 0.25) is 5.88 Å². The summed E-state index contributed by atoms with van der Waals surface area (Å²) >= 11 is 3.02. The molecule has 2 rings (SSSR count). The zero-order chi connectivity index (χ0) is 10.8. The number of rotatable bonds is 3. The molecule has 0 unspecified atom stereocenters. The molecule has 2 aromatic rings. The average Bonchev–Trinajstić information content (AvgIpc) is 2.82. The highest BCUT2D eigenvalue weighted by Crippen LogP contribution is 2.28. The van der Waals surface area contributed by atoms with E-state index in [1.54, 1.807) is 11.3 Å². The van der Waals surface area contributed by atoms with Crippen LogP contribution in [0, 0.1) is 6.92 Å². The quantitative estimate of drug-likeness (QED) is 0.756. The standard InChI is InChI=1S/C9H11N3OS.Al.H/c1-3-7-4-5-12(11-7)9-8(13)10-6(2)14-9;;/h4-5,13H,3H2,1-2H3;;/q;+1;/p-1. The highest BCUT2D eigenvalue weighted by Gasteiger charge is 2.11. The molecule has 0 bridgehead atoms. The van der Waals surface area contributed by atoms with Crippen LogP contribution in [0.15, 0.2) is 12.3 Å². The normalized spacial score (nSPS) is 10.5. The van der Waals surface area contributed by atoms with E-state index in [4.69, 9.17) is 3.79 Å². The topological polar surface area (TPSA) is 39.9 Å². The first kappa shape index (κ1) is 10.7. The number of hydrogen-bond donors (Lipinski definition) is 0. The van der Waals surface area contributed by atoms with Gasteiger partial charge < -0.3 is 3.79 Å². The summed E-state index contributed by atoms with van der Waals surface area (Å²) in [7, 11) is 0. The van der Waals surface area contributed by atoms with Gasteiger partial charge in [-0.25, -0.2) is 9.67 Å². The van der Waals surface area contributed by atoms with E-state index in [2.05, 4.69) is 17.0 Å². The van der Waals surface area contributed by atoms with Gasteiger partial charge in [0.05, 0.1) is 10.7 Å². The van der Waals surface area contributed by atoms with Gasteiger partial charge in [-0.2, -0.15) is 5.10 Å². The summed E-state index contributed by atoms with van der Waals surface area (Å²) in [5, 5.41) is 6.36. The number of nitrogens with zero attached hydrogens (tertiary/aromatic N) is 3. The maximum atomic E-state index is 5.23. The van der Waals surface area contributed by atoms with Gasteiger partial charge in [0.1, 0.15) is 0 Å². The first-order chi connectivity index (χ1) is 7.24. The van der Waals surface area contributed by atoms with Crippen LogP contribution >= 0.6 is 11.3 Å². The molecule has 0 saturated heterocycles. The van der Waals surface area contributed by atoms with E-state index in [9.17, 15) is 0 Å². The second-order valence-electron chi connectivity index (χ2n) is 3.09. The van der Waals surface area contributed by atoms with Crippen LogP contribution < -0.4 is 3.79 Å². The number of aryl methyl sites for hydroxylation is 2. The van der Waals surface area contributed by atoms with Gasteiger partial charge >= 0.3 is 16.6 Å². The number of hydrogen-bond acceptors (Lipinski definition) is 4. The highest BCUT2D eigenvalue weighted by molar-refractivity contribution is 7.14. The summed E-state index contributed by atoms with van der Waals surface area (Å²) < 4.78 is 7.06. The van der Waals surface area contributed by atoms with Crippen molar-refractivity contribution in [1.29, 1.82) is 0 Å². The zero-order valence-corrected chi connectivity index (χ0v) is 11.0. The van der Waals surface area contributed by atoms with Crippen LogP contribution in [0.3, 0.4) is 0 Å². The molecule has 0 aliphatic heterocycles. The van der Waals surface area contributed by atoms with Crippen molar-refractivity contribution in [2.24, 2.45) is 0 Å². The second kappa shape index (κ2) is 4.35. The Hall–Kier alpha value is -0.828. The SMILES string of the molecule is CCc1ccn(-c2sc(C)nc2[O][AlH])n1. The van der Waals surface area contributed by atoms with E-state index in [0.717, 1.165) is 22.1 Å². The van der Waals surface area contributed by atoms with Crippen molar-refractivity contribution in [3.63, 3.8) is 0 Å². The fourth-order valence-corrected chi connectivity index (χ4v) is 2.40. The van der Waals surface area contributed by atoms with Crippen molar-refractivity contribution in [1.82, 2.24) is 14.8 Å². The third-order valence-electron chi connectivity index (χ3n) is 2.04. The third-order valence-corrected chi connectivity index (χ3v) is 3.25. The van der Waals surface area contributed by atoms with Gasteiger partial charge in [-0.1, -0.05) is 18.3 Å². The number of aromatic nitrogens is 3. The molecule has 6 heteroatoms. The lowest BCUT2D eigenvalue weighted by Gasteiger charge is -2.01. The second-order valence-corrected chi connectivity index (χ2v) is 4.56. The summed E-state index contributed by atoms with van der Waals surface area (Å²) in [6, 6.07) is 2.01. The molecule has 2 aromatic heterocycles. The van der Waals surface area contributed by atoms with E-state index in [1.807, 2.05) is 23.9 Å². The molecule has 15 heavy (non-hydrogen) atoms. The monoisotopic (exact) mass is 236 g/mol. The lowest BCUT2D eigenvalue weighted by molar-refractivity contribution is 0.583. The summed E-state index contributed by atoms with van der Waals surface area (Å²) in [5.41, 5.74) is 1.07. The van der Waals surface area contributed by atoms with E-state index < -0.39 is 0 Å². The van der Waals surface area contributed by atoms with Crippen LogP contribution in [0.2, 0.25) is 0 Å². The maximum absolute atomic E-state index is 5.23. The van der Waals surface area contributed by atoms with Crippen molar-refractivity contribution >= 4 is 28.0 Å². The highest BCUT2D eigenvalue weighted by atomic mass is 32.1. The van der Waals surface area contributed by atoms with Crippen molar-refractivity contribution in [3.05, 3.63) is 23.0 Å². The summed E-state index contributed by atoms with van der Waals surface area (Å²) in [6.07, 6.45) is 2.88. The molecular formula is C9H11AlN3OS. The first-order valence-corrected chi connectivity index (χ1v) is 6.08. The van der Waals surface area contributed by atoms with Gasteiger partial charge in [0, 0.05) is 6.20 Å². The molecule has 4 nitrogen and oxygen atoms in total. The minimum Gasteiger partial charge on any atom is -0.634 e. The molecule has 77 valence electrons. The van der Waals surface area contributed by atoms with Gasteiger partial charge in [-0.15, -0.1) is 0 Å². The van der Waals surface area contributed by atoms with E-state index in [-0.39, 0.29) is 0 Å². The molecular weight excluding hydrogens is 225 g/mol. The van der Waals surface area contributed by atoms with Crippen molar-refractivity contribution in [2.45, 2.75) is 20.3 Å². The van der Waals surface area contributed by atoms with E-state index in [1.165, 1.54) is 16.6 Å². The molecule has 0 N–H and O–H groups in total. The minimum absolute atomic E-state index is 0.654. The van der Waals surface area contributed by atoms with Crippen LogP contribution in [0.1, 0.15) is 17.6 Å². The van der Waals surface area contributed by atoms with Crippen LogP contribution in [-0.4, -0.2) is 31.4 Å². The molecule has 0 aliphatic rings. The maximum Gasteiger partial charge on any atom is 0.495 e. The first-order valence-electron chi connectivity index (χ1n) is 4.69. The lowest BCUT2D eigenvalue weighted by atomic mass is 10.4. The van der Waals surface area contributed by atoms with Crippen LogP contribution in [0.5, 0.6) is 5.88 Å². The molecule has 0 atom stereocenters. The average molecular weight is 236 g/mol. The Kier molecular flexibility index (Phi) is 3.10. The van der Waals surface area contributed by atoms with Crippen molar-refractivity contribution < 1.29 is 3.79 Å². The number of thiazole rings is 1. The molecule has 0 aliphatic carbocycles. The molecule has 1 radical (unpaired) electrons. The Balaban J connectivity index is 2.43. The van der Waals surface area contributed by atoms with Crippen molar-refractivity contribution in [3.8, 4) is 10.9 Å². The van der Waals surface area contributed by atoms with Gasteiger partial charge in [-0.05, 0) is 19.4 Å². The fraction of sp³-hybridized carbons (Fsp3) is 0.333. The molecule has 0 spiro atoms. The predicted octanol–water partition coefficient (Wildman–Crippen LogP) is 1.39. The predicted molar refractivity (Wildman–Crippen MR) is 61.1 cm³/mol. The Labute approximate surface area is 101 Å². The van der Waals surface area contributed by atoms with E-state index >= 15 is 0 Å². The van der Waals surface area contributed by atoms with Crippen LogP contribution in [-0.2, 0) is 6.42 Å². The van der Waals surface area contributed by atoms with Gasteiger partial charge in [0.15, 0.2) is 5.00 Å². The Morgan fingerprint density at radius 2 is 2.40 bits per heavy atom. The Morgan fingerprint density at radius 1 is 1.60 bits per heavy atom. The molecule has 0 amide bonds. The van der Waals surface area contributed by atoms with Crippen LogP contribution in [0.4, 0.5) is 0 Å². The van der Waals surface area contributed by atoms with Crippen molar-refractivity contribution in [2.75, 3.05) is 0 Å². The third kappa shape index (κ3) is 2.07. The Morgan fingerprint density at radius 3 is 3.00 bits per heavy atom. The minimum atomic E-state index is 0.654. The van der Waals surface area contributed by atoms with Crippen LogP contribution in [0.25, 0.3) is 5.00 Å². The van der Waals surface area contributed by atoms with E-state index in [0.29, 0.717) is 5.88 Å². The summed E-state index contributed by atoms with van der Waals surface area (Å²) in [5.74, 6) is 0.654. The largest absolute Gasteiger partial charge is 0.634 e. The smallest absolute Gasteiger partial charge is 0.495 e. The molecule has 0 aromatic carbocycles. The van der Waals surface area contributed by atoms with Gasteiger partial charge in [-0.3, -0.25) is 0 Å². The summed E-state index contributed by atoms with van der Waals surface area (Å²) in [4.78, 5) is 4.28. The molecule has 2 heterocycles. The summed E-state index contributed by atoms with van der Waals surface area (Å²) in [6.45, 7) is 4.05. The fourth-order valence-electron chi connectivity index (χ4n) is 1.30. The van der Waals surface area contributed by atoms with Gasteiger partial charge in [0.25, 0.3) is 0 Å². The molecule has 0 saturated carbocycles. The zero-order valence-electron chi connectivity index (χ0n) is 8.73. The Bertz CT molecular complexity index is 466. The lowest BCUT2D eigenvalue weighted by Crippen LogP contribution is -1.97.